The Morgan fingerprint density at radius 3 is 2.06 bits per heavy atom. The lowest BCUT2D eigenvalue weighted by Gasteiger charge is -2.34. The average molecular weight is 441 g/mol. The van der Waals surface area contributed by atoms with Crippen molar-refractivity contribution >= 4 is 0 Å². The largest absolute Gasteiger partial charge is 0.493 e. The third-order valence-corrected chi connectivity index (χ3v) is 6.16. The Labute approximate surface area is 196 Å². The maximum atomic E-state index is 5.59. The molecule has 1 aromatic rings. The maximum Gasteiger partial charge on any atom is 0.165 e. The van der Waals surface area contributed by atoms with Gasteiger partial charge in [-0.25, -0.2) is 0 Å². The average Bonchev–Trinajstić information content (AvgIpc) is 2.78. The van der Waals surface area contributed by atoms with Gasteiger partial charge in [-0.15, -0.1) is 0 Å². The van der Waals surface area contributed by atoms with Crippen LogP contribution in [0.1, 0.15) is 58.9 Å². The van der Waals surface area contributed by atoms with E-state index in [-0.39, 0.29) is 0 Å². The summed E-state index contributed by atoms with van der Waals surface area (Å²) in [5.41, 5.74) is 5.62. The molecule has 2 rings (SSSR count). The molecule has 0 aromatic heterocycles. The van der Waals surface area contributed by atoms with E-state index in [4.69, 9.17) is 9.47 Å². The molecule has 0 bridgehead atoms. The third kappa shape index (κ3) is 9.22. The summed E-state index contributed by atoms with van der Waals surface area (Å²) in [5.74, 6) is 1.67. The molecule has 1 aliphatic rings. The van der Waals surface area contributed by atoms with Crippen LogP contribution in [0.15, 0.2) is 53.1 Å². The Hall–Kier alpha value is -2.04. The highest BCUT2D eigenvalue weighted by Gasteiger charge is 2.18. The van der Waals surface area contributed by atoms with Crippen LogP contribution in [0.2, 0.25) is 0 Å². The van der Waals surface area contributed by atoms with Crippen LogP contribution in [0.3, 0.4) is 0 Å². The molecule has 0 unspecified atom stereocenters. The van der Waals surface area contributed by atoms with Crippen molar-refractivity contribution in [3.63, 3.8) is 0 Å². The number of methoxy groups -OCH3 is 2. The molecule has 1 aromatic carbocycles. The Morgan fingerprint density at radius 1 is 0.812 bits per heavy atom. The van der Waals surface area contributed by atoms with Gasteiger partial charge in [0, 0.05) is 44.8 Å². The number of benzene rings is 1. The summed E-state index contributed by atoms with van der Waals surface area (Å²) in [6.45, 7) is 15.2. The van der Waals surface area contributed by atoms with Crippen LogP contribution >= 0.6 is 0 Å². The molecule has 0 saturated carbocycles. The molecule has 178 valence electrons. The minimum absolute atomic E-state index is 0.808. The molecule has 0 radical (unpaired) electrons. The highest BCUT2D eigenvalue weighted by atomic mass is 16.5. The molecule has 1 saturated heterocycles. The van der Waals surface area contributed by atoms with E-state index >= 15 is 0 Å². The van der Waals surface area contributed by atoms with Gasteiger partial charge in [-0.05, 0) is 59.4 Å². The first-order chi connectivity index (χ1) is 15.4. The highest BCUT2D eigenvalue weighted by Crippen LogP contribution is 2.31. The number of para-hydroxylation sites is 1. The van der Waals surface area contributed by atoms with E-state index in [2.05, 4.69) is 61.8 Å². The molecular formula is C28H44N2O2. The summed E-state index contributed by atoms with van der Waals surface area (Å²) in [5, 5.41) is 0. The topological polar surface area (TPSA) is 24.9 Å². The van der Waals surface area contributed by atoms with Gasteiger partial charge in [-0.1, -0.05) is 47.1 Å². The summed E-state index contributed by atoms with van der Waals surface area (Å²) in [4.78, 5) is 5.07. The smallest absolute Gasteiger partial charge is 0.165 e. The number of hydrogen-bond acceptors (Lipinski definition) is 4. The maximum absolute atomic E-state index is 5.59. The second-order valence-electron chi connectivity index (χ2n) is 9.19. The Bertz CT molecular complexity index is 783. The lowest BCUT2D eigenvalue weighted by Crippen LogP contribution is -2.45. The van der Waals surface area contributed by atoms with Crippen LogP contribution in [0.5, 0.6) is 11.5 Å². The standard InChI is InChI=1S/C28H44N2O2/c1-23(2)10-7-11-24(3)12-8-13-25(4)16-17-29-18-20-30(21-19-29)22-26-14-9-15-27(31-5)28(26)32-6/h9-10,12,14-16H,7-8,11,13,17-22H2,1-6H3. The van der Waals surface area contributed by atoms with Gasteiger partial charge in [0.05, 0.1) is 14.2 Å². The first-order valence-corrected chi connectivity index (χ1v) is 12.0. The molecule has 1 fully saturated rings. The first-order valence-electron chi connectivity index (χ1n) is 12.0. The zero-order valence-electron chi connectivity index (χ0n) is 21.2. The van der Waals surface area contributed by atoms with Gasteiger partial charge in [-0.2, -0.15) is 0 Å². The lowest BCUT2D eigenvalue weighted by atomic mass is 10.1. The molecule has 1 aliphatic heterocycles. The number of nitrogens with zero attached hydrogens (tertiary/aromatic N) is 2. The van der Waals surface area contributed by atoms with Crippen molar-refractivity contribution in [3.05, 3.63) is 58.7 Å². The van der Waals surface area contributed by atoms with Crippen LogP contribution in [-0.2, 0) is 6.54 Å². The second-order valence-corrected chi connectivity index (χ2v) is 9.19. The Kier molecular flexibility index (Phi) is 11.6. The van der Waals surface area contributed by atoms with E-state index in [1.807, 2.05) is 12.1 Å². The van der Waals surface area contributed by atoms with Crippen LogP contribution in [-0.4, -0.2) is 56.7 Å². The number of piperazine rings is 1. The molecule has 32 heavy (non-hydrogen) atoms. The van der Waals surface area contributed by atoms with E-state index in [1.165, 1.54) is 28.7 Å². The number of hydrogen-bond donors (Lipinski definition) is 0. The van der Waals surface area contributed by atoms with E-state index in [9.17, 15) is 0 Å². The van der Waals surface area contributed by atoms with Crippen LogP contribution < -0.4 is 9.47 Å². The third-order valence-electron chi connectivity index (χ3n) is 6.16. The Balaban J connectivity index is 1.72. The SMILES string of the molecule is COc1cccc(CN2CCN(CC=C(C)CCC=C(C)CCC=C(C)C)CC2)c1OC. The summed E-state index contributed by atoms with van der Waals surface area (Å²) >= 11 is 0. The summed E-state index contributed by atoms with van der Waals surface area (Å²) < 4.78 is 11.0. The van der Waals surface area contributed by atoms with Gasteiger partial charge in [0.15, 0.2) is 11.5 Å². The predicted octanol–water partition coefficient (Wildman–Crippen LogP) is 6.24. The Morgan fingerprint density at radius 2 is 1.44 bits per heavy atom. The molecule has 4 nitrogen and oxygen atoms in total. The van der Waals surface area contributed by atoms with Crippen LogP contribution in [0.25, 0.3) is 0 Å². The zero-order valence-corrected chi connectivity index (χ0v) is 21.2. The van der Waals surface area contributed by atoms with Gasteiger partial charge < -0.3 is 9.47 Å². The van der Waals surface area contributed by atoms with Crippen molar-refractivity contribution in [2.24, 2.45) is 0 Å². The number of ether oxygens (including phenoxy) is 2. The van der Waals surface area contributed by atoms with Crippen molar-refractivity contribution in [2.45, 2.75) is 59.9 Å². The van der Waals surface area contributed by atoms with Crippen LogP contribution in [0, 0.1) is 0 Å². The molecule has 0 amide bonds. The van der Waals surface area contributed by atoms with E-state index < -0.39 is 0 Å². The molecule has 0 spiro atoms. The number of rotatable bonds is 12. The molecule has 4 heteroatoms. The quantitative estimate of drug-likeness (QED) is 0.359. The normalized spacial score (nSPS) is 16.2. The molecular weight excluding hydrogens is 396 g/mol. The van der Waals surface area contributed by atoms with Gasteiger partial charge >= 0.3 is 0 Å². The summed E-state index contributed by atoms with van der Waals surface area (Å²) in [6.07, 6.45) is 11.8. The lowest BCUT2D eigenvalue weighted by molar-refractivity contribution is 0.135. The van der Waals surface area contributed by atoms with Crippen molar-refractivity contribution < 1.29 is 9.47 Å². The molecule has 0 aliphatic carbocycles. The van der Waals surface area contributed by atoms with Gasteiger partial charge in [0.25, 0.3) is 0 Å². The monoisotopic (exact) mass is 440 g/mol. The zero-order chi connectivity index (χ0) is 23.3. The second kappa shape index (κ2) is 14.2. The van der Waals surface area contributed by atoms with Crippen molar-refractivity contribution in [2.75, 3.05) is 46.9 Å². The van der Waals surface area contributed by atoms with Crippen molar-refractivity contribution in [1.82, 2.24) is 9.80 Å². The fraction of sp³-hybridized carbons (Fsp3) is 0.571. The molecule has 1 heterocycles. The van der Waals surface area contributed by atoms with Crippen molar-refractivity contribution in [1.29, 1.82) is 0 Å². The van der Waals surface area contributed by atoms with E-state index in [0.717, 1.165) is 70.0 Å². The van der Waals surface area contributed by atoms with Gasteiger partial charge in [-0.3, -0.25) is 9.80 Å². The summed E-state index contributed by atoms with van der Waals surface area (Å²) in [7, 11) is 3.41. The molecule has 0 N–H and O–H groups in total. The first kappa shape index (κ1) is 26.2. The predicted molar refractivity (Wildman–Crippen MR) is 137 cm³/mol. The van der Waals surface area contributed by atoms with Crippen molar-refractivity contribution in [3.8, 4) is 11.5 Å². The van der Waals surface area contributed by atoms with Gasteiger partial charge in [0.1, 0.15) is 0 Å². The van der Waals surface area contributed by atoms with E-state index in [0.29, 0.717) is 0 Å². The minimum Gasteiger partial charge on any atom is -0.493 e. The fourth-order valence-electron chi connectivity index (χ4n) is 4.07. The molecule has 0 atom stereocenters. The fourth-order valence-corrected chi connectivity index (χ4v) is 4.07. The summed E-state index contributed by atoms with van der Waals surface area (Å²) in [6, 6.07) is 6.13. The van der Waals surface area contributed by atoms with Gasteiger partial charge in [0.2, 0.25) is 0 Å². The van der Waals surface area contributed by atoms with E-state index in [1.54, 1.807) is 14.2 Å². The highest BCUT2D eigenvalue weighted by molar-refractivity contribution is 5.46. The van der Waals surface area contributed by atoms with Crippen LogP contribution in [0.4, 0.5) is 0 Å². The number of allylic oxidation sites excluding steroid dienone is 5. The minimum atomic E-state index is 0.808.